The van der Waals surface area contributed by atoms with Crippen LogP contribution in [0.4, 0.5) is 0 Å². The number of likely N-dealkylation sites (tertiary alicyclic amines) is 1. The van der Waals surface area contributed by atoms with Crippen molar-refractivity contribution in [3.05, 3.63) is 46.5 Å². The molecule has 1 aromatic heterocycles. The van der Waals surface area contributed by atoms with Gasteiger partial charge in [-0.05, 0) is 63.3 Å². The molecule has 0 radical (unpaired) electrons. The van der Waals surface area contributed by atoms with Gasteiger partial charge >= 0.3 is 0 Å². The van der Waals surface area contributed by atoms with Gasteiger partial charge in [0.1, 0.15) is 5.82 Å². The number of amides is 1. The van der Waals surface area contributed by atoms with E-state index < -0.39 is 0 Å². The van der Waals surface area contributed by atoms with E-state index in [1.807, 2.05) is 6.92 Å². The van der Waals surface area contributed by atoms with E-state index in [9.17, 15) is 4.79 Å². The van der Waals surface area contributed by atoms with E-state index in [-0.39, 0.29) is 23.8 Å². The van der Waals surface area contributed by atoms with E-state index in [4.69, 9.17) is 0 Å². The number of carbonyl (C=O) groups excluding carboxylic acids is 1. The third kappa shape index (κ3) is 4.21. The molecule has 144 valence electrons. The highest BCUT2D eigenvalue weighted by atomic mass is 16.2. The zero-order valence-corrected chi connectivity index (χ0v) is 16.5. The van der Waals surface area contributed by atoms with Crippen LogP contribution in [0.3, 0.4) is 0 Å². The van der Waals surface area contributed by atoms with Crippen molar-refractivity contribution in [2.24, 2.45) is 5.92 Å². The lowest BCUT2D eigenvalue weighted by Gasteiger charge is -2.38. The molecule has 0 spiro atoms. The van der Waals surface area contributed by atoms with Crippen molar-refractivity contribution in [1.82, 2.24) is 25.4 Å². The lowest BCUT2D eigenvalue weighted by Crippen LogP contribution is -2.52. The minimum absolute atomic E-state index is 0.0635. The molecule has 1 aliphatic heterocycles. The van der Waals surface area contributed by atoms with Crippen molar-refractivity contribution in [1.29, 1.82) is 0 Å². The van der Waals surface area contributed by atoms with Crippen LogP contribution in [0.15, 0.2) is 18.2 Å². The number of rotatable bonds is 5. The smallest absolute Gasteiger partial charge is 0.223 e. The van der Waals surface area contributed by atoms with Crippen LogP contribution in [0.5, 0.6) is 0 Å². The van der Waals surface area contributed by atoms with Crippen molar-refractivity contribution in [3.8, 4) is 0 Å². The maximum Gasteiger partial charge on any atom is 0.223 e. The Balaban J connectivity index is 1.48. The molecule has 2 aromatic rings. The van der Waals surface area contributed by atoms with E-state index in [0.29, 0.717) is 0 Å². The fraction of sp³-hybridized carbons (Fsp3) is 0.571. The molecule has 2 fully saturated rings. The Morgan fingerprint density at radius 3 is 2.70 bits per heavy atom. The zero-order valence-electron chi connectivity index (χ0n) is 16.5. The molecule has 1 aromatic carbocycles. The molecule has 6 nitrogen and oxygen atoms in total. The monoisotopic (exact) mass is 367 g/mol. The van der Waals surface area contributed by atoms with Crippen molar-refractivity contribution in [3.63, 3.8) is 0 Å². The molecule has 2 aliphatic rings. The number of H-pyrrole nitrogens is 1. The van der Waals surface area contributed by atoms with E-state index in [1.54, 1.807) is 0 Å². The van der Waals surface area contributed by atoms with Crippen LogP contribution in [0.25, 0.3) is 0 Å². The predicted molar refractivity (Wildman–Crippen MR) is 104 cm³/mol. The maximum atomic E-state index is 12.4. The van der Waals surface area contributed by atoms with Crippen molar-refractivity contribution >= 4 is 5.91 Å². The Kier molecular flexibility index (Phi) is 5.00. The van der Waals surface area contributed by atoms with Gasteiger partial charge < -0.3 is 5.32 Å². The number of benzene rings is 1. The Bertz CT molecular complexity index is 826. The number of aryl methyl sites for hydroxylation is 3. The predicted octanol–water partition coefficient (Wildman–Crippen LogP) is 2.61. The third-order valence-corrected chi connectivity index (χ3v) is 5.90. The van der Waals surface area contributed by atoms with Crippen LogP contribution in [0.1, 0.15) is 53.5 Å². The topological polar surface area (TPSA) is 73.9 Å². The summed E-state index contributed by atoms with van der Waals surface area (Å²) >= 11 is 0. The van der Waals surface area contributed by atoms with E-state index in [0.717, 1.165) is 50.5 Å². The van der Waals surface area contributed by atoms with Crippen LogP contribution in [0, 0.1) is 26.7 Å². The number of piperidine rings is 1. The van der Waals surface area contributed by atoms with Crippen molar-refractivity contribution in [2.45, 2.75) is 58.5 Å². The van der Waals surface area contributed by atoms with E-state index in [2.05, 4.69) is 57.4 Å². The summed E-state index contributed by atoms with van der Waals surface area (Å²) in [7, 11) is 0. The lowest BCUT2D eigenvalue weighted by atomic mass is 9.90. The normalized spacial score (nSPS) is 23.4. The molecular weight excluding hydrogens is 338 g/mol. The van der Waals surface area contributed by atoms with Gasteiger partial charge in [-0.25, -0.2) is 4.98 Å². The molecule has 27 heavy (non-hydrogen) atoms. The quantitative estimate of drug-likeness (QED) is 0.852. The molecular formula is C21H29N5O. The second-order valence-corrected chi connectivity index (χ2v) is 8.22. The average Bonchev–Trinajstić information content (AvgIpc) is 3.40. The van der Waals surface area contributed by atoms with Gasteiger partial charge in [0.25, 0.3) is 0 Å². The van der Waals surface area contributed by atoms with Crippen LogP contribution >= 0.6 is 0 Å². The second-order valence-electron chi connectivity index (χ2n) is 8.22. The van der Waals surface area contributed by atoms with Crippen LogP contribution in [0.2, 0.25) is 0 Å². The first kappa shape index (κ1) is 18.2. The minimum Gasteiger partial charge on any atom is -0.351 e. The molecule has 0 unspecified atom stereocenters. The first-order valence-electron chi connectivity index (χ1n) is 9.97. The molecule has 2 atom stereocenters. The number of hydrogen-bond acceptors (Lipinski definition) is 4. The highest BCUT2D eigenvalue weighted by Gasteiger charge is 2.37. The van der Waals surface area contributed by atoms with Crippen molar-refractivity contribution < 1.29 is 4.79 Å². The Labute approximate surface area is 160 Å². The van der Waals surface area contributed by atoms with Crippen LogP contribution in [-0.2, 0) is 11.3 Å². The second kappa shape index (κ2) is 7.43. The molecule has 0 bridgehead atoms. The summed E-state index contributed by atoms with van der Waals surface area (Å²) in [6, 6.07) is 6.75. The summed E-state index contributed by atoms with van der Waals surface area (Å²) in [6.45, 7) is 8.96. The zero-order chi connectivity index (χ0) is 19.0. The summed E-state index contributed by atoms with van der Waals surface area (Å²) < 4.78 is 0. The summed E-state index contributed by atoms with van der Waals surface area (Å²) in [6.07, 6.45) is 3.00. The summed E-state index contributed by atoms with van der Waals surface area (Å²) in [5.74, 6) is 2.25. The van der Waals surface area contributed by atoms with Gasteiger partial charge in [0.15, 0.2) is 5.82 Å². The number of hydrogen-bond donors (Lipinski definition) is 2. The lowest BCUT2D eigenvalue weighted by molar-refractivity contribution is -0.123. The van der Waals surface area contributed by atoms with Gasteiger partial charge in [-0.15, -0.1) is 0 Å². The molecule has 1 aliphatic carbocycles. The molecule has 2 heterocycles. The molecule has 6 heteroatoms. The minimum atomic E-state index is 0.0635. The highest BCUT2D eigenvalue weighted by molar-refractivity contribution is 5.81. The molecule has 2 N–H and O–H groups in total. The number of carbonyl (C=O) groups is 1. The van der Waals surface area contributed by atoms with Gasteiger partial charge in [0, 0.05) is 24.9 Å². The highest BCUT2D eigenvalue weighted by Crippen LogP contribution is 2.32. The number of aromatic amines is 1. The first-order chi connectivity index (χ1) is 13.0. The molecule has 1 saturated heterocycles. The summed E-state index contributed by atoms with van der Waals surface area (Å²) in [4.78, 5) is 19.4. The van der Waals surface area contributed by atoms with Gasteiger partial charge in [-0.3, -0.25) is 14.8 Å². The van der Waals surface area contributed by atoms with Crippen LogP contribution in [-0.4, -0.2) is 45.1 Å². The van der Waals surface area contributed by atoms with E-state index >= 15 is 0 Å². The van der Waals surface area contributed by atoms with E-state index in [1.165, 1.54) is 16.7 Å². The van der Waals surface area contributed by atoms with Crippen LogP contribution < -0.4 is 5.32 Å². The van der Waals surface area contributed by atoms with Crippen molar-refractivity contribution in [2.75, 3.05) is 13.1 Å². The number of aromatic nitrogens is 3. The first-order valence-corrected chi connectivity index (χ1v) is 9.97. The van der Waals surface area contributed by atoms with Gasteiger partial charge in [-0.1, -0.05) is 18.2 Å². The third-order valence-electron chi connectivity index (χ3n) is 5.90. The average molecular weight is 367 g/mol. The molecule has 1 amide bonds. The Hall–Kier alpha value is -2.21. The standard InChI is InChI=1S/C21H29N5O/c1-13-4-5-16(10-14(13)2)11-26-9-8-18(20-22-15(3)24-25-20)19(12-26)23-21(27)17-6-7-17/h4-5,10,17-19H,6-9,11-12H2,1-3H3,(H,23,27)(H,22,24,25)/t18-,19+/m0/s1. The van der Waals surface area contributed by atoms with Gasteiger partial charge in [0.05, 0.1) is 6.04 Å². The Morgan fingerprint density at radius 1 is 1.22 bits per heavy atom. The fourth-order valence-electron chi connectivity index (χ4n) is 3.95. The Morgan fingerprint density at radius 2 is 2.04 bits per heavy atom. The SMILES string of the molecule is Cc1nc([C@H]2CCN(Cc3ccc(C)c(C)c3)C[C@H]2NC(=O)C2CC2)n[nH]1. The van der Waals surface area contributed by atoms with Gasteiger partial charge in [0.2, 0.25) is 5.91 Å². The number of nitrogens with one attached hydrogen (secondary N) is 2. The number of nitrogens with zero attached hydrogens (tertiary/aromatic N) is 3. The largest absolute Gasteiger partial charge is 0.351 e. The molecule has 1 saturated carbocycles. The summed E-state index contributed by atoms with van der Waals surface area (Å²) in [5, 5.41) is 10.6. The summed E-state index contributed by atoms with van der Waals surface area (Å²) in [5.41, 5.74) is 3.99. The molecule has 4 rings (SSSR count). The maximum absolute atomic E-state index is 12.4. The fourth-order valence-corrected chi connectivity index (χ4v) is 3.95. The van der Waals surface area contributed by atoms with Gasteiger partial charge in [-0.2, -0.15) is 5.10 Å².